The molecule has 0 saturated carbocycles. The lowest BCUT2D eigenvalue weighted by atomic mass is 10.0. The van der Waals surface area contributed by atoms with Crippen LogP contribution in [0.3, 0.4) is 0 Å². The van der Waals surface area contributed by atoms with Gasteiger partial charge in [-0.2, -0.15) is 0 Å². The van der Waals surface area contributed by atoms with Gasteiger partial charge in [-0.15, -0.1) is 0 Å². The summed E-state index contributed by atoms with van der Waals surface area (Å²) < 4.78 is 0. The molecule has 0 atom stereocenters. The van der Waals surface area contributed by atoms with Gasteiger partial charge < -0.3 is 11.1 Å². The van der Waals surface area contributed by atoms with Crippen LogP contribution in [0, 0.1) is 0 Å². The molecule has 3 heteroatoms. The second kappa shape index (κ2) is 7.34. The fourth-order valence-corrected chi connectivity index (χ4v) is 1.79. The summed E-state index contributed by atoms with van der Waals surface area (Å²) in [6, 6.07) is 7.20. The van der Waals surface area contributed by atoms with E-state index in [0.717, 1.165) is 11.1 Å². The van der Waals surface area contributed by atoms with Gasteiger partial charge in [0.05, 0.1) is 11.4 Å². The van der Waals surface area contributed by atoms with Gasteiger partial charge in [0.2, 0.25) is 5.91 Å². The monoisotopic (exact) mass is 270 g/mol. The number of nitrogens with two attached hydrogens (primary N) is 1. The minimum Gasteiger partial charge on any atom is -0.397 e. The number of hydrogen-bond acceptors (Lipinski definition) is 2. The van der Waals surface area contributed by atoms with Crippen LogP contribution in [0.4, 0.5) is 11.4 Å². The first-order valence-corrected chi connectivity index (χ1v) is 6.60. The molecule has 106 valence electrons. The highest BCUT2D eigenvalue weighted by Gasteiger charge is 2.02. The van der Waals surface area contributed by atoms with E-state index in [9.17, 15) is 4.79 Å². The summed E-state index contributed by atoms with van der Waals surface area (Å²) >= 11 is 0. The first-order chi connectivity index (χ1) is 9.45. The first kappa shape index (κ1) is 15.8. The van der Waals surface area contributed by atoms with Gasteiger partial charge in [-0.1, -0.05) is 23.8 Å². The quantitative estimate of drug-likeness (QED) is 0.492. The number of allylic oxidation sites excluding steroid dienone is 5. The molecule has 0 bridgehead atoms. The zero-order valence-electron chi connectivity index (χ0n) is 12.5. The minimum atomic E-state index is -0.189. The van der Waals surface area contributed by atoms with Crippen LogP contribution in [-0.2, 0) is 4.79 Å². The van der Waals surface area contributed by atoms with E-state index in [1.54, 1.807) is 12.1 Å². The number of carbonyl (C=O) groups excluding carboxylic acids is 1. The topological polar surface area (TPSA) is 55.1 Å². The number of anilines is 2. The lowest BCUT2D eigenvalue weighted by molar-refractivity contribution is -0.111. The molecule has 0 fully saturated rings. The van der Waals surface area contributed by atoms with Gasteiger partial charge >= 0.3 is 0 Å². The molecule has 0 radical (unpaired) electrons. The van der Waals surface area contributed by atoms with Gasteiger partial charge in [-0.05, 0) is 57.0 Å². The fraction of sp³-hybridized carbons (Fsp3) is 0.235. The fourth-order valence-electron chi connectivity index (χ4n) is 1.79. The van der Waals surface area contributed by atoms with Crippen molar-refractivity contribution in [2.75, 3.05) is 11.1 Å². The Bertz CT molecular complexity index is 576. The lowest BCUT2D eigenvalue weighted by Crippen LogP contribution is -2.09. The molecule has 0 heterocycles. The largest absolute Gasteiger partial charge is 0.397 e. The van der Waals surface area contributed by atoms with Gasteiger partial charge in [-0.25, -0.2) is 0 Å². The predicted molar refractivity (Wildman–Crippen MR) is 86.4 cm³/mol. The van der Waals surface area contributed by atoms with Crippen molar-refractivity contribution in [3.05, 3.63) is 59.2 Å². The summed E-state index contributed by atoms with van der Waals surface area (Å²) in [7, 11) is 0. The highest BCUT2D eigenvalue weighted by Crippen LogP contribution is 2.18. The third-order valence-electron chi connectivity index (χ3n) is 3.02. The SMILES string of the molecule is CC=C(C)C(C=CC(=O)Nc1ccccc1N)=C(C)C. The van der Waals surface area contributed by atoms with Crippen LogP contribution >= 0.6 is 0 Å². The van der Waals surface area contributed by atoms with Crippen molar-refractivity contribution in [2.24, 2.45) is 0 Å². The Morgan fingerprint density at radius 2 is 1.80 bits per heavy atom. The van der Waals surface area contributed by atoms with E-state index in [2.05, 4.69) is 5.32 Å². The van der Waals surface area contributed by atoms with E-state index < -0.39 is 0 Å². The summed E-state index contributed by atoms with van der Waals surface area (Å²) in [5.74, 6) is -0.189. The molecule has 3 N–H and O–H groups in total. The number of amides is 1. The van der Waals surface area contributed by atoms with E-state index in [4.69, 9.17) is 5.73 Å². The Hall–Kier alpha value is -2.29. The Balaban J connectivity index is 2.83. The van der Waals surface area contributed by atoms with Gasteiger partial charge in [0.25, 0.3) is 0 Å². The zero-order valence-corrected chi connectivity index (χ0v) is 12.5. The van der Waals surface area contributed by atoms with Crippen molar-refractivity contribution in [1.29, 1.82) is 0 Å². The number of hydrogen-bond donors (Lipinski definition) is 2. The van der Waals surface area contributed by atoms with Crippen molar-refractivity contribution in [1.82, 2.24) is 0 Å². The maximum absolute atomic E-state index is 11.9. The van der Waals surface area contributed by atoms with E-state index in [0.29, 0.717) is 11.4 Å². The summed E-state index contributed by atoms with van der Waals surface area (Å²) in [5, 5.41) is 2.77. The minimum absolute atomic E-state index is 0.189. The molecule has 0 aliphatic carbocycles. The average Bonchev–Trinajstić information content (AvgIpc) is 2.41. The van der Waals surface area contributed by atoms with Crippen molar-refractivity contribution < 1.29 is 4.79 Å². The Morgan fingerprint density at radius 3 is 2.35 bits per heavy atom. The second-order valence-electron chi connectivity index (χ2n) is 4.80. The maximum atomic E-state index is 11.9. The Labute approximate surface area is 120 Å². The highest BCUT2D eigenvalue weighted by atomic mass is 16.1. The molecular weight excluding hydrogens is 248 g/mol. The van der Waals surface area contributed by atoms with E-state index in [1.807, 2.05) is 52.0 Å². The van der Waals surface area contributed by atoms with Crippen molar-refractivity contribution in [3.63, 3.8) is 0 Å². The second-order valence-corrected chi connectivity index (χ2v) is 4.80. The third-order valence-corrected chi connectivity index (χ3v) is 3.02. The molecule has 1 aromatic rings. The van der Waals surface area contributed by atoms with Crippen molar-refractivity contribution in [2.45, 2.75) is 27.7 Å². The number of benzene rings is 1. The van der Waals surface area contributed by atoms with Crippen LogP contribution in [0.2, 0.25) is 0 Å². The Kier molecular flexibility index (Phi) is 5.78. The molecule has 3 nitrogen and oxygen atoms in total. The summed E-state index contributed by atoms with van der Waals surface area (Å²) in [5.41, 5.74) is 10.4. The molecule has 0 spiro atoms. The molecule has 1 aromatic carbocycles. The molecule has 0 aliphatic heterocycles. The lowest BCUT2D eigenvalue weighted by Gasteiger charge is -2.07. The van der Waals surface area contributed by atoms with Crippen LogP contribution in [-0.4, -0.2) is 5.91 Å². The van der Waals surface area contributed by atoms with Gasteiger partial charge in [-0.3, -0.25) is 4.79 Å². The molecule has 20 heavy (non-hydrogen) atoms. The van der Waals surface area contributed by atoms with Crippen LogP contribution in [0.15, 0.2) is 59.2 Å². The zero-order chi connectivity index (χ0) is 15.1. The number of nitrogen functional groups attached to an aromatic ring is 1. The predicted octanol–water partition coefficient (Wildman–Crippen LogP) is 4.07. The van der Waals surface area contributed by atoms with Crippen LogP contribution < -0.4 is 11.1 Å². The molecule has 0 aromatic heterocycles. The maximum Gasteiger partial charge on any atom is 0.248 e. The van der Waals surface area contributed by atoms with E-state index in [1.165, 1.54) is 11.6 Å². The van der Waals surface area contributed by atoms with Crippen LogP contribution in [0.25, 0.3) is 0 Å². The molecule has 1 amide bonds. The highest BCUT2D eigenvalue weighted by molar-refractivity contribution is 6.01. The van der Waals surface area contributed by atoms with Crippen LogP contribution in [0.1, 0.15) is 27.7 Å². The van der Waals surface area contributed by atoms with Crippen molar-refractivity contribution in [3.8, 4) is 0 Å². The Morgan fingerprint density at radius 1 is 1.15 bits per heavy atom. The number of nitrogens with one attached hydrogen (secondary N) is 1. The molecule has 1 rings (SSSR count). The van der Waals surface area contributed by atoms with E-state index >= 15 is 0 Å². The normalized spacial score (nSPS) is 11.5. The molecule has 0 unspecified atom stereocenters. The number of para-hydroxylation sites is 2. The van der Waals surface area contributed by atoms with Gasteiger partial charge in [0.1, 0.15) is 0 Å². The molecule has 0 aliphatic rings. The standard InChI is InChI=1S/C17H22N2O/c1-5-13(4)14(12(2)3)10-11-17(20)19-16-9-7-6-8-15(16)18/h5-11H,18H2,1-4H3,(H,19,20). The van der Waals surface area contributed by atoms with E-state index in [-0.39, 0.29) is 5.91 Å². The summed E-state index contributed by atoms with van der Waals surface area (Å²) in [6.07, 6.45) is 5.39. The summed E-state index contributed by atoms with van der Waals surface area (Å²) in [6.45, 7) is 8.07. The van der Waals surface area contributed by atoms with Gasteiger partial charge in [0, 0.05) is 6.08 Å². The summed E-state index contributed by atoms with van der Waals surface area (Å²) in [4.78, 5) is 11.9. The average molecular weight is 270 g/mol. The third kappa shape index (κ3) is 4.43. The van der Waals surface area contributed by atoms with Crippen molar-refractivity contribution >= 4 is 17.3 Å². The number of rotatable bonds is 4. The first-order valence-electron chi connectivity index (χ1n) is 6.60. The van der Waals surface area contributed by atoms with Gasteiger partial charge in [0.15, 0.2) is 0 Å². The van der Waals surface area contributed by atoms with Crippen LogP contribution in [0.5, 0.6) is 0 Å². The molecule has 0 saturated heterocycles. The number of carbonyl (C=O) groups is 1. The smallest absolute Gasteiger partial charge is 0.248 e. The molecular formula is C17H22N2O.